The third-order valence-corrected chi connectivity index (χ3v) is 6.17. The number of halogens is 3. The summed E-state index contributed by atoms with van der Waals surface area (Å²) in [5.41, 5.74) is 0. The van der Waals surface area contributed by atoms with E-state index in [1.165, 1.54) is 6.07 Å². The summed E-state index contributed by atoms with van der Waals surface area (Å²) < 4.78 is 91.6. The lowest BCUT2D eigenvalue weighted by atomic mass is 10.1. The second kappa shape index (κ2) is 7.09. The minimum absolute atomic E-state index is 0.0554. The van der Waals surface area contributed by atoms with E-state index < -0.39 is 32.2 Å². The van der Waals surface area contributed by atoms with Gasteiger partial charge in [-0.05, 0) is 25.0 Å². The molecule has 0 aliphatic carbocycles. The van der Waals surface area contributed by atoms with Crippen LogP contribution in [-0.4, -0.2) is 52.9 Å². The maximum atomic E-state index is 12.5. The predicted molar refractivity (Wildman–Crippen MR) is 82.9 cm³/mol. The second-order valence-electron chi connectivity index (χ2n) is 5.59. The molecule has 25 heavy (non-hydrogen) atoms. The van der Waals surface area contributed by atoms with E-state index in [4.69, 9.17) is 0 Å². The smallest absolute Gasteiger partial charge is 0.406 e. The lowest BCUT2D eigenvalue weighted by molar-refractivity contribution is -0.274. The number of nitrogens with zero attached hydrogens (tertiary/aromatic N) is 1. The monoisotopic (exact) mass is 402 g/mol. The van der Waals surface area contributed by atoms with E-state index in [0.29, 0.717) is 0 Å². The highest BCUT2D eigenvalue weighted by molar-refractivity contribution is 7.89. The first-order valence-corrected chi connectivity index (χ1v) is 10.5. The maximum absolute atomic E-state index is 12.5. The largest absolute Gasteiger partial charge is 0.573 e. The number of rotatable bonds is 5. The summed E-state index contributed by atoms with van der Waals surface area (Å²) in [6.45, 7) is 0.111. The fourth-order valence-electron chi connectivity index (χ4n) is 2.50. The Morgan fingerprint density at radius 2 is 1.76 bits per heavy atom. The third-order valence-electron chi connectivity index (χ3n) is 3.51. The van der Waals surface area contributed by atoms with Crippen LogP contribution in [0.5, 0.6) is 5.75 Å². The highest BCUT2D eigenvalue weighted by Crippen LogP contribution is 2.27. The molecule has 1 saturated heterocycles. The molecule has 0 saturated carbocycles. The average Bonchev–Trinajstić information content (AvgIpc) is 2.44. The summed E-state index contributed by atoms with van der Waals surface area (Å²) in [4.78, 5) is -0.316. The highest BCUT2D eigenvalue weighted by atomic mass is 32.2. The van der Waals surface area contributed by atoms with Crippen molar-refractivity contribution in [1.82, 2.24) is 9.03 Å². The molecule has 0 spiro atoms. The van der Waals surface area contributed by atoms with Crippen molar-refractivity contribution in [3.8, 4) is 5.75 Å². The van der Waals surface area contributed by atoms with Crippen molar-refractivity contribution in [2.45, 2.75) is 30.1 Å². The Labute approximate surface area is 143 Å². The molecule has 1 N–H and O–H groups in total. The van der Waals surface area contributed by atoms with Gasteiger partial charge in [-0.2, -0.15) is 4.31 Å². The highest BCUT2D eigenvalue weighted by Gasteiger charge is 2.33. The number of nitrogens with one attached hydrogen (secondary N) is 1. The zero-order valence-electron chi connectivity index (χ0n) is 13.2. The van der Waals surface area contributed by atoms with E-state index in [-0.39, 0.29) is 36.9 Å². The first kappa shape index (κ1) is 19.9. The van der Waals surface area contributed by atoms with Crippen LogP contribution in [0.15, 0.2) is 29.2 Å². The van der Waals surface area contributed by atoms with Crippen LogP contribution in [0.4, 0.5) is 13.2 Å². The molecule has 0 unspecified atom stereocenters. The number of ether oxygens (including phenoxy) is 1. The molecule has 0 aromatic heterocycles. The molecule has 1 aliphatic heterocycles. The molecular weight excluding hydrogens is 385 g/mol. The number of alkyl halides is 3. The number of piperidine rings is 1. The van der Waals surface area contributed by atoms with Gasteiger partial charge >= 0.3 is 6.36 Å². The lowest BCUT2D eigenvalue weighted by Crippen LogP contribution is -2.46. The van der Waals surface area contributed by atoms with Gasteiger partial charge in [0.2, 0.25) is 20.0 Å². The summed E-state index contributed by atoms with van der Waals surface area (Å²) in [5.74, 6) is -0.623. The topological polar surface area (TPSA) is 92.8 Å². The summed E-state index contributed by atoms with van der Waals surface area (Å²) in [6.07, 6.45) is -3.36. The van der Waals surface area contributed by atoms with Crippen molar-refractivity contribution in [1.29, 1.82) is 0 Å². The van der Waals surface area contributed by atoms with E-state index >= 15 is 0 Å². The minimum Gasteiger partial charge on any atom is -0.406 e. The van der Waals surface area contributed by atoms with Crippen molar-refractivity contribution in [2.24, 2.45) is 0 Å². The Hall–Kier alpha value is -1.37. The average molecular weight is 402 g/mol. The Balaban J connectivity index is 2.11. The summed E-state index contributed by atoms with van der Waals surface area (Å²) in [5, 5.41) is 0. The zero-order chi connectivity index (χ0) is 18.9. The van der Waals surface area contributed by atoms with E-state index in [1.807, 2.05) is 0 Å². The Morgan fingerprint density at radius 3 is 2.28 bits per heavy atom. The Kier molecular flexibility index (Phi) is 5.66. The molecule has 7 nitrogen and oxygen atoms in total. The normalized spacial score (nSPS) is 18.2. The quantitative estimate of drug-likeness (QED) is 0.801. The van der Waals surface area contributed by atoms with Crippen molar-refractivity contribution in [3.05, 3.63) is 24.3 Å². The van der Waals surface area contributed by atoms with Gasteiger partial charge < -0.3 is 4.74 Å². The van der Waals surface area contributed by atoms with Gasteiger partial charge in [0.05, 0.1) is 11.2 Å². The van der Waals surface area contributed by atoms with Crippen LogP contribution in [-0.2, 0) is 20.0 Å². The molecule has 1 heterocycles. The van der Waals surface area contributed by atoms with E-state index in [2.05, 4.69) is 9.46 Å². The van der Waals surface area contributed by atoms with Crippen LogP contribution < -0.4 is 9.46 Å². The first-order valence-electron chi connectivity index (χ1n) is 7.20. The van der Waals surface area contributed by atoms with Gasteiger partial charge in [0, 0.05) is 25.2 Å². The standard InChI is InChI=1S/C13H17F3N2O5S2/c1-24(19,20)17-10-5-7-18(8-6-10)25(21,22)12-4-2-3-11(9-12)23-13(14,15)16/h2-4,9-10,17H,5-8H2,1H3. The molecule has 1 aromatic carbocycles. The zero-order valence-corrected chi connectivity index (χ0v) is 14.8. The van der Waals surface area contributed by atoms with Gasteiger partial charge in [-0.15, -0.1) is 13.2 Å². The molecule has 0 atom stereocenters. The van der Waals surface area contributed by atoms with Gasteiger partial charge in [-0.25, -0.2) is 21.6 Å². The number of sulfonamides is 2. The maximum Gasteiger partial charge on any atom is 0.573 e. The Bertz CT molecular complexity index is 816. The van der Waals surface area contributed by atoms with Crippen LogP contribution in [0, 0.1) is 0 Å². The van der Waals surface area contributed by atoms with Crippen molar-refractivity contribution in [2.75, 3.05) is 19.3 Å². The number of hydrogen-bond donors (Lipinski definition) is 1. The van der Waals surface area contributed by atoms with Gasteiger partial charge in [0.1, 0.15) is 5.75 Å². The van der Waals surface area contributed by atoms with Crippen molar-refractivity contribution in [3.63, 3.8) is 0 Å². The predicted octanol–water partition coefficient (Wildman–Crippen LogP) is 1.29. The van der Waals surface area contributed by atoms with Crippen LogP contribution in [0.25, 0.3) is 0 Å². The summed E-state index contributed by atoms with van der Waals surface area (Å²) in [6, 6.07) is 3.78. The molecule has 1 aromatic rings. The van der Waals surface area contributed by atoms with Crippen LogP contribution in [0.2, 0.25) is 0 Å². The SMILES string of the molecule is CS(=O)(=O)NC1CCN(S(=O)(=O)c2cccc(OC(F)(F)F)c2)CC1. The molecule has 0 radical (unpaired) electrons. The number of hydrogen-bond acceptors (Lipinski definition) is 5. The fraction of sp³-hybridized carbons (Fsp3) is 0.538. The van der Waals surface area contributed by atoms with Crippen LogP contribution in [0.1, 0.15) is 12.8 Å². The third kappa shape index (κ3) is 5.83. The molecule has 2 rings (SSSR count). The summed E-state index contributed by atoms with van der Waals surface area (Å²) in [7, 11) is -7.39. The van der Waals surface area contributed by atoms with Gasteiger partial charge in [-0.3, -0.25) is 0 Å². The van der Waals surface area contributed by atoms with E-state index in [1.54, 1.807) is 0 Å². The molecule has 0 amide bonds. The molecular formula is C13H17F3N2O5S2. The summed E-state index contributed by atoms with van der Waals surface area (Å²) >= 11 is 0. The van der Waals surface area contributed by atoms with Gasteiger partial charge in [0.25, 0.3) is 0 Å². The number of benzene rings is 1. The Morgan fingerprint density at radius 1 is 1.16 bits per heavy atom. The molecule has 1 fully saturated rings. The minimum atomic E-state index is -4.92. The molecule has 142 valence electrons. The van der Waals surface area contributed by atoms with Crippen molar-refractivity contribution >= 4 is 20.0 Å². The van der Waals surface area contributed by atoms with Gasteiger partial charge in [0.15, 0.2) is 0 Å². The molecule has 0 bridgehead atoms. The fourth-order valence-corrected chi connectivity index (χ4v) is 4.84. The second-order valence-corrected chi connectivity index (χ2v) is 9.31. The van der Waals surface area contributed by atoms with E-state index in [0.717, 1.165) is 28.8 Å². The first-order chi connectivity index (χ1) is 11.4. The van der Waals surface area contributed by atoms with Crippen LogP contribution in [0.3, 0.4) is 0 Å². The molecule has 1 aliphatic rings. The van der Waals surface area contributed by atoms with Gasteiger partial charge in [-0.1, -0.05) is 6.07 Å². The lowest BCUT2D eigenvalue weighted by Gasteiger charge is -2.31. The molecule has 12 heteroatoms. The van der Waals surface area contributed by atoms with Crippen LogP contribution >= 0.6 is 0 Å². The van der Waals surface area contributed by atoms with Crippen molar-refractivity contribution < 1.29 is 34.7 Å². The van der Waals surface area contributed by atoms with E-state index in [9.17, 15) is 30.0 Å².